The third-order valence-corrected chi connectivity index (χ3v) is 16.8. The number of hydrogen-bond donors (Lipinski definition) is 7. The molecule has 7 N–H and O–H groups in total. The van der Waals surface area contributed by atoms with Gasteiger partial charge >= 0.3 is 0 Å². The third kappa shape index (κ3) is 8.58. The number of ketones is 1. The first kappa shape index (κ1) is 46.9. The van der Waals surface area contributed by atoms with Crippen LogP contribution < -0.4 is 32.1 Å². The van der Waals surface area contributed by atoms with Crippen molar-refractivity contribution in [2.75, 3.05) is 43.6 Å². The number of phenolic OH excluding ortho intramolecular Hbond substituents is 2. The molecule has 1 unspecified atom stereocenters. The molecule has 0 aromatic heterocycles. The summed E-state index contributed by atoms with van der Waals surface area (Å²) in [5, 5.41) is 44.8. The van der Waals surface area contributed by atoms with E-state index in [0.717, 1.165) is 52.7 Å². The van der Waals surface area contributed by atoms with Gasteiger partial charge in [-0.15, -0.1) is 0 Å². The predicted molar refractivity (Wildman–Crippen MR) is 245 cm³/mol. The van der Waals surface area contributed by atoms with Gasteiger partial charge < -0.3 is 36.6 Å². The average molecular weight is 956 g/mol. The second-order valence-electron chi connectivity index (χ2n) is 16.5. The SMILES string of the molecule is CN(C)S(=O)(=O)c1c(Cl)ccc(Nc2c(NC3(C#CCN(C)S(=O)(=O)c4c(Cl)ccc(NC5=C(NC6(c7ccccc7)CCCCC6)C(=O)C5O)c4O)CCCCC3)c(=O)c2=O)c1O. The molecule has 20 heteroatoms. The van der Waals surface area contributed by atoms with Crippen LogP contribution in [0.3, 0.4) is 0 Å². The highest BCUT2D eigenvalue weighted by atomic mass is 35.5. The van der Waals surface area contributed by atoms with E-state index in [1.54, 1.807) is 0 Å². The van der Waals surface area contributed by atoms with E-state index in [1.165, 1.54) is 45.4 Å². The predicted octanol–water partition coefficient (Wildman–Crippen LogP) is 5.45. The number of phenols is 2. The normalized spacial score (nSPS) is 18.6. The number of carbonyl (C=O) groups excluding carboxylic acids is 1. The van der Waals surface area contributed by atoms with Gasteiger partial charge in [0.25, 0.3) is 10.9 Å². The van der Waals surface area contributed by atoms with Gasteiger partial charge in [0, 0.05) is 21.1 Å². The molecule has 340 valence electrons. The van der Waals surface area contributed by atoms with Gasteiger partial charge in [0.15, 0.2) is 17.6 Å². The van der Waals surface area contributed by atoms with Gasteiger partial charge in [-0.2, -0.15) is 4.31 Å². The highest BCUT2D eigenvalue weighted by Crippen LogP contribution is 2.44. The number of benzene rings is 3. The molecule has 0 bridgehead atoms. The third-order valence-electron chi connectivity index (χ3n) is 12.1. The standard InChI is InChI=1S/C44H48Cl2N6O10S2/c1-51(2)63(59,60)41-27(45)16-18-29(35(41)53)47-31-33(39(57)37(31)55)49-43(20-9-5-10-21-43)22-13-25-52(3)64(61,62)42-28(46)17-19-30(36(42)54)48-32-34(40(58)38(32)56)50-44(23-11-6-12-24-44)26-14-7-4-8-15-26/h4,7-8,14-19,38,47-50,53-54,56H,5-6,9-12,20-21,23-25H2,1-3H3. The highest BCUT2D eigenvalue weighted by Gasteiger charge is 2.45. The van der Waals surface area contributed by atoms with Crippen molar-refractivity contribution in [3.8, 4) is 23.3 Å². The largest absolute Gasteiger partial charge is 0.504 e. The Morgan fingerprint density at radius 2 is 1.23 bits per heavy atom. The maximum atomic E-state index is 14.1. The van der Waals surface area contributed by atoms with E-state index in [1.807, 2.05) is 30.3 Å². The lowest BCUT2D eigenvalue weighted by molar-refractivity contribution is -0.125. The van der Waals surface area contributed by atoms with Gasteiger partial charge in [-0.05, 0) is 55.5 Å². The summed E-state index contributed by atoms with van der Waals surface area (Å²) in [6.45, 7) is -0.397. The van der Waals surface area contributed by atoms with Crippen LogP contribution in [0.25, 0.3) is 0 Å². The van der Waals surface area contributed by atoms with Crippen molar-refractivity contribution in [3.63, 3.8) is 0 Å². The summed E-state index contributed by atoms with van der Waals surface area (Å²) in [5.41, 5.74) is -2.95. The number of aliphatic hydroxyl groups excluding tert-OH is 1. The number of carbonyl (C=O) groups is 1. The molecule has 4 aromatic carbocycles. The van der Waals surface area contributed by atoms with Crippen LogP contribution in [-0.4, -0.2) is 85.9 Å². The number of rotatable bonds is 14. The van der Waals surface area contributed by atoms with Gasteiger partial charge in [-0.25, -0.2) is 21.1 Å². The lowest BCUT2D eigenvalue weighted by Gasteiger charge is -2.43. The van der Waals surface area contributed by atoms with Crippen molar-refractivity contribution in [1.82, 2.24) is 13.9 Å². The fourth-order valence-electron chi connectivity index (χ4n) is 8.47. The molecular formula is C44H48Cl2N6O10S2. The summed E-state index contributed by atoms with van der Waals surface area (Å²) < 4.78 is 55.7. The quantitative estimate of drug-likeness (QED) is 0.0474. The van der Waals surface area contributed by atoms with Crippen LogP contribution in [0, 0.1) is 11.8 Å². The summed E-state index contributed by atoms with van der Waals surface area (Å²) in [5.74, 6) is 3.92. The second-order valence-corrected chi connectivity index (χ2v) is 21.4. The lowest BCUT2D eigenvalue weighted by atomic mass is 9.75. The lowest BCUT2D eigenvalue weighted by Crippen LogP contribution is -2.53. The van der Waals surface area contributed by atoms with Crippen LogP contribution in [0.5, 0.6) is 11.5 Å². The first-order chi connectivity index (χ1) is 30.2. The molecule has 7 rings (SSSR count). The van der Waals surface area contributed by atoms with E-state index in [2.05, 4.69) is 33.1 Å². The molecule has 3 aliphatic carbocycles. The Morgan fingerprint density at radius 3 is 1.81 bits per heavy atom. The maximum absolute atomic E-state index is 14.1. The summed E-state index contributed by atoms with van der Waals surface area (Å²) in [6, 6.07) is 14.8. The van der Waals surface area contributed by atoms with Crippen molar-refractivity contribution in [2.45, 2.75) is 91.2 Å². The van der Waals surface area contributed by atoms with E-state index in [-0.39, 0.29) is 44.2 Å². The number of sulfonamides is 2. The number of aromatic hydroxyl groups is 2. The Balaban J connectivity index is 1.12. The first-order valence-corrected chi connectivity index (χ1v) is 24.3. The molecule has 0 heterocycles. The van der Waals surface area contributed by atoms with E-state index >= 15 is 0 Å². The molecule has 3 aliphatic rings. The molecule has 4 aromatic rings. The van der Waals surface area contributed by atoms with Crippen LogP contribution in [-0.2, 0) is 30.4 Å². The van der Waals surface area contributed by atoms with Crippen LogP contribution in [0.15, 0.2) is 85.4 Å². The second kappa shape index (κ2) is 18.0. The number of Topliss-reactive ketones (excluding diaryl/α,β-unsaturated/α-hetero) is 1. The Kier molecular flexibility index (Phi) is 13.2. The summed E-state index contributed by atoms with van der Waals surface area (Å²) in [6.07, 6.45) is 5.89. The summed E-state index contributed by atoms with van der Waals surface area (Å²) >= 11 is 12.6. The minimum atomic E-state index is -4.55. The number of nitrogens with zero attached hydrogens (tertiary/aromatic N) is 2. The van der Waals surface area contributed by atoms with Gasteiger partial charge in [0.2, 0.25) is 25.8 Å². The van der Waals surface area contributed by atoms with Crippen molar-refractivity contribution in [1.29, 1.82) is 0 Å². The average Bonchev–Trinajstić information content (AvgIpc) is 3.27. The summed E-state index contributed by atoms with van der Waals surface area (Å²) in [7, 11) is -5.01. The molecule has 2 fully saturated rings. The van der Waals surface area contributed by atoms with Crippen molar-refractivity contribution < 1.29 is 36.9 Å². The number of hydrogen-bond acceptors (Lipinski definition) is 14. The molecule has 0 radical (unpaired) electrons. The van der Waals surface area contributed by atoms with E-state index in [0.29, 0.717) is 25.7 Å². The smallest absolute Gasteiger partial charge is 0.253 e. The summed E-state index contributed by atoms with van der Waals surface area (Å²) in [4.78, 5) is 37.7. The molecule has 16 nitrogen and oxygen atoms in total. The monoisotopic (exact) mass is 954 g/mol. The number of anilines is 4. The minimum absolute atomic E-state index is 0.0726. The fraction of sp³-hybridized carbons (Fsp3) is 0.386. The fourth-order valence-corrected chi connectivity index (χ4v) is 11.6. The zero-order valence-corrected chi connectivity index (χ0v) is 38.4. The molecule has 64 heavy (non-hydrogen) atoms. The van der Waals surface area contributed by atoms with Gasteiger partial charge in [-0.3, -0.25) is 14.4 Å². The molecule has 0 spiro atoms. The minimum Gasteiger partial charge on any atom is -0.504 e. The van der Waals surface area contributed by atoms with E-state index in [4.69, 9.17) is 23.2 Å². The van der Waals surface area contributed by atoms with Crippen molar-refractivity contribution in [3.05, 3.63) is 102 Å². The molecule has 0 amide bonds. The van der Waals surface area contributed by atoms with Crippen molar-refractivity contribution in [2.24, 2.45) is 0 Å². The highest BCUT2D eigenvalue weighted by molar-refractivity contribution is 7.89. The Bertz CT molecular complexity index is 2890. The Hall–Kier alpha value is -5.13. The molecular weight excluding hydrogens is 908 g/mol. The zero-order chi connectivity index (χ0) is 46.4. The molecule has 0 aliphatic heterocycles. The van der Waals surface area contributed by atoms with Crippen LogP contribution >= 0.6 is 23.2 Å². The number of halogens is 2. The van der Waals surface area contributed by atoms with Gasteiger partial charge in [0.1, 0.15) is 26.9 Å². The van der Waals surface area contributed by atoms with E-state index < -0.39 is 81.7 Å². The van der Waals surface area contributed by atoms with Crippen LogP contribution in [0.1, 0.15) is 69.8 Å². The number of aliphatic hydroxyl groups is 1. The van der Waals surface area contributed by atoms with Gasteiger partial charge in [-0.1, -0.05) is 104 Å². The Labute approximate surface area is 381 Å². The van der Waals surface area contributed by atoms with E-state index in [9.17, 15) is 46.5 Å². The molecule has 1 atom stereocenters. The Morgan fingerprint density at radius 1 is 0.703 bits per heavy atom. The molecule has 0 saturated heterocycles. The topological polar surface area (TPSA) is 235 Å². The van der Waals surface area contributed by atoms with Crippen LogP contribution in [0.4, 0.5) is 22.7 Å². The number of nitrogens with one attached hydrogen (secondary N) is 4. The zero-order valence-electron chi connectivity index (χ0n) is 35.2. The van der Waals surface area contributed by atoms with Crippen molar-refractivity contribution >= 4 is 71.8 Å². The molecule has 2 saturated carbocycles. The van der Waals surface area contributed by atoms with Crippen LogP contribution in [0.2, 0.25) is 10.0 Å². The maximum Gasteiger partial charge on any atom is 0.253 e. The first-order valence-electron chi connectivity index (χ1n) is 20.6. The van der Waals surface area contributed by atoms with Gasteiger partial charge in [0.05, 0.1) is 44.7 Å².